The first kappa shape index (κ1) is 6.24. The van der Waals surface area contributed by atoms with E-state index in [1.165, 1.54) is 19.3 Å². The summed E-state index contributed by atoms with van der Waals surface area (Å²) in [6.45, 7) is 0. The summed E-state index contributed by atoms with van der Waals surface area (Å²) in [7, 11) is 0. The number of hydrogen-bond donors (Lipinski definition) is 0. The smallest absolute Gasteiger partial charge is 0.0102 e. The van der Waals surface area contributed by atoms with E-state index in [0.29, 0.717) is 0 Å². The molecule has 0 atom stereocenters. The molecular weight excluding hydrogens is 108 g/mol. The van der Waals surface area contributed by atoms with Crippen molar-refractivity contribution in [3.63, 3.8) is 0 Å². The third-order valence-corrected chi connectivity index (χ3v) is 1.54. The zero-order valence-electron chi connectivity index (χ0n) is 5.48. The summed E-state index contributed by atoms with van der Waals surface area (Å²) in [5, 5.41) is 0. The van der Waals surface area contributed by atoms with Gasteiger partial charge in [0.1, 0.15) is 0 Å². The minimum Gasteiger partial charge on any atom is -0.106 e. The van der Waals surface area contributed by atoms with Gasteiger partial charge < -0.3 is 0 Å². The van der Waals surface area contributed by atoms with E-state index < -0.39 is 0 Å². The molecular formula is C9H10. The van der Waals surface area contributed by atoms with Crippen LogP contribution in [0.15, 0.2) is 0 Å². The lowest BCUT2D eigenvalue weighted by Crippen LogP contribution is -1.71. The van der Waals surface area contributed by atoms with Crippen molar-refractivity contribution in [3.05, 3.63) is 0 Å². The molecule has 0 radical (unpaired) electrons. The van der Waals surface area contributed by atoms with Crippen LogP contribution in [-0.4, -0.2) is 0 Å². The molecule has 0 saturated heterocycles. The van der Waals surface area contributed by atoms with Crippen molar-refractivity contribution in [2.24, 2.45) is 5.92 Å². The van der Waals surface area contributed by atoms with Crippen molar-refractivity contribution >= 4 is 0 Å². The monoisotopic (exact) mass is 118 g/mol. The quantitative estimate of drug-likeness (QED) is 0.485. The molecule has 1 rings (SSSR count). The van der Waals surface area contributed by atoms with Gasteiger partial charge in [0.15, 0.2) is 0 Å². The second-order valence-corrected chi connectivity index (χ2v) is 2.43. The highest BCUT2D eigenvalue weighted by atomic mass is 14.2. The van der Waals surface area contributed by atoms with Crippen molar-refractivity contribution in [3.8, 4) is 24.2 Å². The van der Waals surface area contributed by atoms with Crippen LogP contribution >= 0.6 is 0 Å². The molecule has 1 fully saturated rings. The van der Waals surface area contributed by atoms with Crippen LogP contribution in [0.5, 0.6) is 0 Å². The topological polar surface area (TPSA) is 0 Å². The molecule has 0 unspecified atom stereocenters. The van der Waals surface area contributed by atoms with Gasteiger partial charge in [-0.1, -0.05) is 18.8 Å². The Morgan fingerprint density at radius 2 is 2.22 bits per heavy atom. The van der Waals surface area contributed by atoms with E-state index in [2.05, 4.69) is 17.8 Å². The minimum atomic E-state index is 0.983. The highest BCUT2D eigenvalue weighted by Crippen LogP contribution is 2.33. The van der Waals surface area contributed by atoms with Crippen molar-refractivity contribution in [1.29, 1.82) is 0 Å². The molecule has 9 heavy (non-hydrogen) atoms. The Kier molecular flexibility index (Phi) is 2.22. The minimum absolute atomic E-state index is 0.983. The summed E-state index contributed by atoms with van der Waals surface area (Å²) in [4.78, 5) is 0. The Morgan fingerprint density at radius 3 is 2.78 bits per heavy atom. The molecule has 0 nitrogen and oxygen atoms in total. The SMILES string of the molecule is C#CC#CCCC1CC1. The molecule has 0 aromatic carbocycles. The predicted molar refractivity (Wildman–Crippen MR) is 38.6 cm³/mol. The molecule has 0 heterocycles. The molecule has 1 aliphatic carbocycles. The fourth-order valence-corrected chi connectivity index (χ4v) is 0.796. The van der Waals surface area contributed by atoms with Gasteiger partial charge in [-0.3, -0.25) is 0 Å². The molecule has 0 aromatic rings. The van der Waals surface area contributed by atoms with E-state index in [9.17, 15) is 0 Å². The highest BCUT2D eigenvalue weighted by molar-refractivity contribution is 5.21. The van der Waals surface area contributed by atoms with Gasteiger partial charge in [0.2, 0.25) is 0 Å². The second kappa shape index (κ2) is 3.21. The Bertz CT molecular complexity index is 168. The summed E-state index contributed by atoms with van der Waals surface area (Å²) >= 11 is 0. The maximum atomic E-state index is 4.94. The molecule has 0 spiro atoms. The summed E-state index contributed by atoms with van der Waals surface area (Å²) < 4.78 is 0. The summed E-state index contributed by atoms with van der Waals surface area (Å²) in [6.07, 6.45) is 10.0. The fourth-order valence-electron chi connectivity index (χ4n) is 0.796. The summed E-state index contributed by atoms with van der Waals surface area (Å²) in [5.41, 5.74) is 0. The van der Waals surface area contributed by atoms with Crippen LogP contribution in [0.2, 0.25) is 0 Å². The van der Waals surface area contributed by atoms with Crippen LogP contribution in [0, 0.1) is 30.1 Å². The Labute approximate surface area is 56.7 Å². The fraction of sp³-hybridized carbons (Fsp3) is 0.556. The van der Waals surface area contributed by atoms with Crippen LogP contribution in [0.1, 0.15) is 25.7 Å². The number of terminal acetylenes is 1. The van der Waals surface area contributed by atoms with Crippen molar-refractivity contribution in [2.45, 2.75) is 25.7 Å². The number of rotatable bonds is 2. The standard InChI is InChI=1S/C9H10/c1-2-3-4-5-6-9-7-8-9/h1,9H,5-8H2. The zero-order chi connectivity index (χ0) is 6.53. The molecule has 0 heteroatoms. The highest BCUT2D eigenvalue weighted by Gasteiger charge is 2.19. The first-order chi connectivity index (χ1) is 4.43. The molecule has 0 bridgehead atoms. The lowest BCUT2D eigenvalue weighted by molar-refractivity contribution is 0.752. The van der Waals surface area contributed by atoms with Crippen LogP contribution in [0.25, 0.3) is 0 Å². The van der Waals surface area contributed by atoms with Crippen LogP contribution in [0.4, 0.5) is 0 Å². The maximum Gasteiger partial charge on any atom is 0.0102 e. The van der Waals surface area contributed by atoms with Gasteiger partial charge in [-0.05, 0) is 24.2 Å². The van der Waals surface area contributed by atoms with Crippen molar-refractivity contribution in [1.82, 2.24) is 0 Å². The van der Waals surface area contributed by atoms with E-state index in [4.69, 9.17) is 6.42 Å². The molecule has 0 aliphatic heterocycles. The van der Waals surface area contributed by atoms with E-state index in [1.807, 2.05) is 0 Å². The molecule has 46 valence electrons. The van der Waals surface area contributed by atoms with Crippen LogP contribution < -0.4 is 0 Å². The van der Waals surface area contributed by atoms with Gasteiger partial charge in [-0.25, -0.2) is 0 Å². The molecule has 0 amide bonds. The predicted octanol–water partition coefficient (Wildman–Crippen LogP) is 1.81. The van der Waals surface area contributed by atoms with Gasteiger partial charge in [-0.2, -0.15) is 0 Å². The third kappa shape index (κ3) is 2.83. The van der Waals surface area contributed by atoms with E-state index in [1.54, 1.807) is 0 Å². The Hall–Kier alpha value is -0.880. The molecule has 0 aromatic heterocycles. The molecule has 0 N–H and O–H groups in total. The van der Waals surface area contributed by atoms with Gasteiger partial charge >= 0.3 is 0 Å². The summed E-state index contributed by atoms with van der Waals surface area (Å²) in [6, 6.07) is 0. The Morgan fingerprint density at radius 1 is 1.44 bits per heavy atom. The van der Waals surface area contributed by atoms with E-state index in [0.717, 1.165) is 12.3 Å². The van der Waals surface area contributed by atoms with E-state index in [-0.39, 0.29) is 0 Å². The first-order valence-electron chi connectivity index (χ1n) is 3.37. The van der Waals surface area contributed by atoms with Crippen molar-refractivity contribution in [2.75, 3.05) is 0 Å². The van der Waals surface area contributed by atoms with Crippen LogP contribution in [-0.2, 0) is 0 Å². The average Bonchev–Trinajstić information content (AvgIpc) is 2.63. The normalized spacial score (nSPS) is 15.4. The van der Waals surface area contributed by atoms with Gasteiger partial charge in [0, 0.05) is 6.42 Å². The first-order valence-corrected chi connectivity index (χ1v) is 3.37. The third-order valence-electron chi connectivity index (χ3n) is 1.54. The van der Waals surface area contributed by atoms with E-state index >= 15 is 0 Å². The molecule has 1 aliphatic rings. The Balaban J connectivity index is 1.99. The average molecular weight is 118 g/mol. The molecule has 1 saturated carbocycles. The maximum absolute atomic E-state index is 4.94. The van der Waals surface area contributed by atoms with Crippen molar-refractivity contribution < 1.29 is 0 Å². The van der Waals surface area contributed by atoms with Crippen LogP contribution in [0.3, 0.4) is 0 Å². The second-order valence-electron chi connectivity index (χ2n) is 2.43. The summed E-state index contributed by atoms with van der Waals surface area (Å²) in [5.74, 6) is 8.81. The number of hydrogen-bond acceptors (Lipinski definition) is 0. The van der Waals surface area contributed by atoms with Gasteiger partial charge in [0.05, 0.1) is 0 Å². The lowest BCUT2D eigenvalue weighted by Gasteiger charge is -1.83. The lowest BCUT2D eigenvalue weighted by atomic mass is 10.2. The zero-order valence-corrected chi connectivity index (χ0v) is 5.48. The largest absolute Gasteiger partial charge is 0.106 e. The van der Waals surface area contributed by atoms with Gasteiger partial charge in [-0.15, -0.1) is 6.42 Å². The van der Waals surface area contributed by atoms with Gasteiger partial charge in [0.25, 0.3) is 0 Å².